The molecule has 0 spiro atoms. The molecule has 0 aliphatic carbocycles. The molecule has 0 unspecified atom stereocenters. The van der Waals surface area contributed by atoms with Crippen LogP contribution in [0.3, 0.4) is 0 Å². The summed E-state index contributed by atoms with van der Waals surface area (Å²) in [7, 11) is 0.502. The first-order valence-electron chi connectivity index (χ1n) is 7.23. The van der Waals surface area contributed by atoms with Crippen molar-refractivity contribution in [3.63, 3.8) is 0 Å². The van der Waals surface area contributed by atoms with Crippen LogP contribution in [0.4, 0.5) is 0 Å². The van der Waals surface area contributed by atoms with Gasteiger partial charge in [0, 0.05) is 25.0 Å². The average Bonchev–Trinajstić information content (AvgIpc) is 3.00. The van der Waals surface area contributed by atoms with Crippen LogP contribution in [-0.2, 0) is 18.0 Å². The summed E-state index contributed by atoms with van der Waals surface area (Å²) < 4.78 is 18.1. The van der Waals surface area contributed by atoms with E-state index in [-0.39, 0.29) is 0 Å². The lowest BCUT2D eigenvalue weighted by atomic mass is 10.1. The molecule has 0 fully saturated rings. The van der Waals surface area contributed by atoms with Gasteiger partial charge in [0.2, 0.25) is 0 Å². The molecule has 4 nitrogen and oxygen atoms in total. The van der Waals surface area contributed by atoms with E-state index in [1.165, 1.54) is 0 Å². The van der Waals surface area contributed by atoms with Crippen LogP contribution in [0.1, 0.15) is 11.1 Å². The molecule has 0 bridgehead atoms. The van der Waals surface area contributed by atoms with Crippen LogP contribution in [0.2, 0.25) is 0 Å². The SMILES string of the molecule is Cc1ccc([S@@](=O)N=Cc2cccc(-c3cnn(C)c3)c2)cc1. The van der Waals surface area contributed by atoms with Crippen molar-refractivity contribution in [3.05, 3.63) is 72.1 Å². The predicted molar refractivity (Wildman–Crippen MR) is 93.8 cm³/mol. The Hall–Kier alpha value is -2.53. The molecule has 0 radical (unpaired) electrons. The van der Waals surface area contributed by atoms with Crippen molar-refractivity contribution < 1.29 is 4.21 Å². The number of benzene rings is 2. The van der Waals surface area contributed by atoms with Gasteiger partial charge in [0.05, 0.1) is 11.1 Å². The summed E-state index contributed by atoms with van der Waals surface area (Å²) in [6, 6.07) is 15.5. The Morgan fingerprint density at radius 3 is 2.61 bits per heavy atom. The molecular weight excluding hydrogens is 306 g/mol. The van der Waals surface area contributed by atoms with Gasteiger partial charge in [0.15, 0.2) is 11.0 Å². The smallest absolute Gasteiger partial charge is 0.172 e. The minimum atomic E-state index is -1.39. The number of aromatic nitrogens is 2. The van der Waals surface area contributed by atoms with E-state index >= 15 is 0 Å². The van der Waals surface area contributed by atoms with Gasteiger partial charge in [-0.2, -0.15) is 9.50 Å². The van der Waals surface area contributed by atoms with Crippen molar-refractivity contribution in [3.8, 4) is 11.1 Å². The molecule has 3 aromatic rings. The molecule has 2 aromatic carbocycles. The molecule has 116 valence electrons. The summed E-state index contributed by atoms with van der Waals surface area (Å²) in [5.74, 6) is 0. The molecule has 0 aliphatic rings. The third kappa shape index (κ3) is 3.81. The second-order valence-electron chi connectivity index (χ2n) is 5.32. The minimum Gasteiger partial charge on any atom is -0.275 e. The highest BCUT2D eigenvalue weighted by Gasteiger charge is 2.02. The molecule has 0 saturated heterocycles. The summed E-state index contributed by atoms with van der Waals surface area (Å²) in [4.78, 5) is 0.704. The fraction of sp³-hybridized carbons (Fsp3) is 0.111. The lowest BCUT2D eigenvalue weighted by Crippen LogP contribution is -1.90. The molecule has 23 heavy (non-hydrogen) atoms. The number of aryl methyl sites for hydroxylation is 2. The quantitative estimate of drug-likeness (QED) is 0.690. The van der Waals surface area contributed by atoms with E-state index in [2.05, 4.69) is 9.50 Å². The van der Waals surface area contributed by atoms with Gasteiger partial charge >= 0.3 is 0 Å². The van der Waals surface area contributed by atoms with Crippen molar-refractivity contribution >= 4 is 17.2 Å². The maximum absolute atomic E-state index is 12.2. The first kappa shape index (κ1) is 15.4. The van der Waals surface area contributed by atoms with Crippen molar-refractivity contribution in [1.82, 2.24) is 9.78 Å². The second-order valence-corrected chi connectivity index (χ2v) is 6.51. The van der Waals surface area contributed by atoms with Gasteiger partial charge in [-0.1, -0.05) is 35.9 Å². The van der Waals surface area contributed by atoms with Gasteiger partial charge in [-0.3, -0.25) is 4.68 Å². The number of hydrogen-bond acceptors (Lipinski definition) is 2. The van der Waals surface area contributed by atoms with Crippen molar-refractivity contribution in [1.29, 1.82) is 0 Å². The lowest BCUT2D eigenvalue weighted by molar-refractivity contribution is 0.684. The summed E-state index contributed by atoms with van der Waals surface area (Å²) in [6.07, 6.45) is 5.43. The molecule has 1 atom stereocenters. The fourth-order valence-electron chi connectivity index (χ4n) is 2.19. The molecule has 0 amide bonds. The van der Waals surface area contributed by atoms with E-state index in [0.717, 1.165) is 22.3 Å². The van der Waals surface area contributed by atoms with Gasteiger partial charge in [-0.05, 0) is 36.2 Å². The average molecular weight is 323 g/mol. The van der Waals surface area contributed by atoms with Crippen molar-refractivity contribution in [2.24, 2.45) is 11.4 Å². The maximum atomic E-state index is 12.2. The lowest BCUT2D eigenvalue weighted by Gasteiger charge is -2.00. The van der Waals surface area contributed by atoms with E-state index in [9.17, 15) is 4.21 Å². The topological polar surface area (TPSA) is 47.2 Å². The Morgan fingerprint density at radius 2 is 1.91 bits per heavy atom. The fourth-order valence-corrected chi connectivity index (χ4v) is 2.90. The van der Waals surface area contributed by atoms with Crippen LogP contribution in [-0.4, -0.2) is 20.2 Å². The zero-order valence-corrected chi connectivity index (χ0v) is 13.8. The molecule has 0 aliphatic heterocycles. The Kier molecular flexibility index (Phi) is 4.48. The summed E-state index contributed by atoms with van der Waals surface area (Å²) in [5.41, 5.74) is 4.15. The number of hydrogen-bond donors (Lipinski definition) is 0. The van der Waals surface area contributed by atoms with Gasteiger partial charge in [0.25, 0.3) is 0 Å². The molecule has 5 heteroatoms. The Labute approximate surface area is 138 Å². The summed E-state index contributed by atoms with van der Waals surface area (Å²) >= 11 is 0. The number of rotatable bonds is 4. The zero-order chi connectivity index (χ0) is 16.2. The van der Waals surface area contributed by atoms with Crippen LogP contribution in [0.5, 0.6) is 0 Å². The van der Waals surface area contributed by atoms with Crippen LogP contribution >= 0.6 is 0 Å². The van der Waals surface area contributed by atoms with Gasteiger partial charge in [0.1, 0.15) is 0 Å². The third-order valence-corrected chi connectivity index (χ3v) is 4.42. The standard InChI is InChI=1S/C18H17N3OS/c1-14-6-8-18(9-7-14)23(22)20-11-15-4-3-5-16(10-15)17-12-19-21(2)13-17/h3-13H,1-2H3/t23-/m1/s1. The molecule has 0 N–H and O–H groups in total. The first-order chi connectivity index (χ1) is 11.1. The Morgan fingerprint density at radius 1 is 1.13 bits per heavy atom. The summed E-state index contributed by atoms with van der Waals surface area (Å²) in [6.45, 7) is 2.00. The molecule has 3 rings (SSSR count). The van der Waals surface area contributed by atoms with E-state index in [4.69, 9.17) is 0 Å². The number of nitrogens with zero attached hydrogens (tertiary/aromatic N) is 3. The Balaban J connectivity index is 1.80. The van der Waals surface area contributed by atoms with Crippen molar-refractivity contribution in [2.45, 2.75) is 11.8 Å². The highest BCUT2D eigenvalue weighted by Crippen LogP contribution is 2.19. The molecule has 0 saturated carbocycles. The van der Waals surface area contributed by atoms with Gasteiger partial charge in [-0.25, -0.2) is 4.21 Å². The van der Waals surface area contributed by atoms with E-state index in [0.29, 0.717) is 4.90 Å². The zero-order valence-electron chi connectivity index (χ0n) is 13.0. The monoisotopic (exact) mass is 323 g/mol. The van der Waals surface area contributed by atoms with Gasteiger partial charge < -0.3 is 0 Å². The minimum absolute atomic E-state index is 0.704. The highest BCUT2D eigenvalue weighted by atomic mass is 32.2. The normalized spacial score (nSPS) is 12.6. The Bertz CT molecular complexity index is 866. The largest absolute Gasteiger partial charge is 0.275 e. The molecule has 1 heterocycles. The van der Waals surface area contributed by atoms with E-state index < -0.39 is 11.0 Å². The maximum Gasteiger partial charge on any atom is 0.172 e. The van der Waals surface area contributed by atoms with Crippen LogP contribution in [0, 0.1) is 6.92 Å². The first-order valence-corrected chi connectivity index (χ1v) is 8.34. The van der Waals surface area contributed by atoms with Gasteiger partial charge in [-0.15, -0.1) is 0 Å². The third-order valence-electron chi connectivity index (χ3n) is 3.44. The molecule has 1 aromatic heterocycles. The van der Waals surface area contributed by atoms with Crippen LogP contribution < -0.4 is 0 Å². The van der Waals surface area contributed by atoms with E-state index in [1.54, 1.807) is 10.9 Å². The highest BCUT2D eigenvalue weighted by molar-refractivity contribution is 7.83. The second kappa shape index (κ2) is 6.71. The van der Waals surface area contributed by atoms with Crippen molar-refractivity contribution in [2.75, 3.05) is 0 Å². The van der Waals surface area contributed by atoms with Crippen LogP contribution in [0.15, 0.2) is 70.2 Å². The van der Waals surface area contributed by atoms with Crippen LogP contribution in [0.25, 0.3) is 11.1 Å². The van der Waals surface area contributed by atoms with E-state index in [1.807, 2.05) is 74.9 Å². The molecular formula is C18H17N3OS. The predicted octanol–water partition coefficient (Wildman–Crippen LogP) is 3.54. The summed E-state index contributed by atoms with van der Waals surface area (Å²) in [5, 5.41) is 4.18.